The smallest absolute Gasteiger partial charge is 0.433 e. The van der Waals surface area contributed by atoms with Gasteiger partial charge in [0.2, 0.25) is 0 Å². The lowest BCUT2D eigenvalue weighted by molar-refractivity contribution is -0.314. The van der Waals surface area contributed by atoms with E-state index in [4.69, 9.17) is 46.4 Å². The zero-order valence-electron chi connectivity index (χ0n) is 12.5. The monoisotopic (exact) mass is 472 g/mol. The number of halogens is 10. The van der Waals surface area contributed by atoms with Crippen molar-refractivity contribution < 1.29 is 36.6 Å². The van der Waals surface area contributed by atoms with Crippen LogP contribution in [0.5, 0.6) is 11.5 Å². The van der Waals surface area contributed by atoms with Gasteiger partial charge in [-0.2, -0.15) is 22.0 Å². The summed E-state index contributed by atoms with van der Waals surface area (Å²) in [5.74, 6) is -7.06. The fourth-order valence-electron chi connectivity index (χ4n) is 2.23. The molecule has 0 aliphatic heterocycles. The van der Waals surface area contributed by atoms with Crippen LogP contribution in [0.25, 0.3) is 0 Å². The SMILES string of the molecule is Oc1c(Cl)cc(C(F)(F)C(F)(c2cc(Cl)c(O)c(Cl)c2)C(F)(F)F)cc1Cl. The van der Waals surface area contributed by atoms with E-state index >= 15 is 4.39 Å². The highest BCUT2D eigenvalue weighted by molar-refractivity contribution is 6.37. The minimum Gasteiger partial charge on any atom is -0.505 e. The van der Waals surface area contributed by atoms with Crippen molar-refractivity contribution in [3.05, 3.63) is 55.5 Å². The first-order chi connectivity index (χ1) is 12.1. The van der Waals surface area contributed by atoms with E-state index in [9.17, 15) is 32.2 Å². The molecular formula is C15H6Cl4F6O2. The third-order valence-electron chi connectivity index (χ3n) is 3.62. The molecule has 0 bridgehead atoms. The minimum absolute atomic E-state index is 0.174. The summed E-state index contributed by atoms with van der Waals surface area (Å²) in [6.07, 6.45) is -6.16. The normalized spacial score (nSPS) is 14.9. The first kappa shape index (κ1) is 22.1. The van der Waals surface area contributed by atoms with Crippen molar-refractivity contribution in [2.45, 2.75) is 17.8 Å². The molecule has 0 aliphatic carbocycles. The molecule has 0 aromatic heterocycles. The van der Waals surface area contributed by atoms with Crippen molar-refractivity contribution in [2.24, 2.45) is 0 Å². The highest BCUT2D eigenvalue weighted by atomic mass is 35.5. The van der Waals surface area contributed by atoms with E-state index in [0.29, 0.717) is 0 Å². The maximum Gasteiger partial charge on any atom is 0.433 e. The Balaban J connectivity index is 2.84. The van der Waals surface area contributed by atoms with Crippen molar-refractivity contribution in [3.8, 4) is 11.5 Å². The van der Waals surface area contributed by atoms with E-state index < -0.39 is 60.5 Å². The van der Waals surface area contributed by atoms with Crippen molar-refractivity contribution in [3.63, 3.8) is 0 Å². The van der Waals surface area contributed by atoms with Crippen molar-refractivity contribution in [1.82, 2.24) is 0 Å². The summed E-state index contributed by atoms with van der Waals surface area (Å²) < 4.78 is 85.2. The standard InChI is InChI=1S/C15H6Cl4F6O2/c16-7-1-5(2-8(17)11(7)26)13(20,15(23,24)25)14(21,22)6-3-9(18)12(27)10(19)4-6/h1-4,26-27H. The number of rotatable bonds is 3. The van der Waals surface area contributed by atoms with Gasteiger partial charge < -0.3 is 10.2 Å². The summed E-state index contributed by atoms with van der Waals surface area (Å²) in [5.41, 5.74) is -8.55. The summed E-state index contributed by atoms with van der Waals surface area (Å²) in [5, 5.41) is 15.4. The van der Waals surface area contributed by atoms with Gasteiger partial charge in [-0.25, -0.2) is 4.39 Å². The van der Waals surface area contributed by atoms with Crippen LogP contribution in [-0.2, 0) is 11.6 Å². The molecule has 2 nitrogen and oxygen atoms in total. The molecule has 148 valence electrons. The van der Waals surface area contributed by atoms with Gasteiger partial charge in [-0.15, -0.1) is 0 Å². The number of alkyl halides is 6. The Bertz CT molecular complexity index is 856. The minimum atomic E-state index is -6.16. The fraction of sp³-hybridized carbons (Fsp3) is 0.200. The molecule has 0 heterocycles. The van der Waals surface area contributed by atoms with Crippen LogP contribution in [0.3, 0.4) is 0 Å². The summed E-state index contributed by atoms with van der Waals surface area (Å²) in [4.78, 5) is 0. The van der Waals surface area contributed by atoms with Gasteiger partial charge in [-0.1, -0.05) is 46.4 Å². The molecule has 0 aliphatic rings. The van der Waals surface area contributed by atoms with Crippen LogP contribution < -0.4 is 0 Å². The van der Waals surface area contributed by atoms with E-state index in [2.05, 4.69) is 0 Å². The van der Waals surface area contributed by atoms with Gasteiger partial charge in [0.05, 0.1) is 20.1 Å². The number of benzene rings is 2. The van der Waals surface area contributed by atoms with Crippen LogP contribution in [0.2, 0.25) is 20.1 Å². The quantitative estimate of drug-likeness (QED) is 0.461. The van der Waals surface area contributed by atoms with E-state index in [1.54, 1.807) is 0 Å². The van der Waals surface area contributed by atoms with Crippen LogP contribution in [0.1, 0.15) is 11.1 Å². The van der Waals surface area contributed by atoms with Crippen molar-refractivity contribution in [2.75, 3.05) is 0 Å². The first-order valence-corrected chi connectivity index (χ1v) is 8.16. The second kappa shape index (κ2) is 6.99. The summed E-state index contributed by atoms with van der Waals surface area (Å²) in [6.45, 7) is 0. The topological polar surface area (TPSA) is 40.5 Å². The number of hydrogen-bond donors (Lipinski definition) is 2. The lowest BCUT2D eigenvalue weighted by Crippen LogP contribution is -2.51. The predicted molar refractivity (Wildman–Crippen MR) is 89.0 cm³/mol. The Labute approximate surface area is 167 Å². The van der Waals surface area contributed by atoms with Crippen molar-refractivity contribution in [1.29, 1.82) is 0 Å². The van der Waals surface area contributed by atoms with Gasteiger partial charge in [0.25, 0.3) is 5.67 Å². The molecular weight excluding hydrogens is 468 g/mol. The highest BCUT2D eigenvalue weighted by Gasteiger charge is 2.72. The first-order valence-electron chi connectivity index (χ1n) is 6.65. The van der Waals surface area contributed by atoms with Crippen LogP contribution >= 0.6 is 46.4 Å². The molecule has 1 atom stereocenters. The molecule has 2 N–H and O–H groups in total. The molecule has 2 aromatic rings. The Morgan fingerprint density at radius 3 is 1.19 bits per heavy atom. The largest absolute Gasteiger partial charge is 0.505 e. The van der Waals surface area contributed by atoms with E-state index in [-0.39, 0.29) is 24.3 Å². The molecule has 2 rings (SSSR count). The second-order valence-electron chi connectivity index (χ2n) is 5.31. The molecule has 0 fully saturated rings. The predicted octanol–water partition coefficient (Wildman–Crippen LogP) is 7.23. The van der Waals surface area contributed by atoms with Gasteiger partial charge in [0.1, 0.15) is 0 Å². The van der Waals surface area contributed by atoms with E-state index in [1.807, 2.05) is 0 Å². The fourth-order valence-corrected chi connectivity index (χ4v) is 3.21. The van der Waals surface area contributed by atoms with Crippen LogP contribution in [0.4, 0.5) is 26.3 Å². The zero-order valence-corrected chi connectivity index (χ0v) is 15.5. The third-order valence-corrected chi connectivity index (χ3v) is 4.77. The number of phenols is 2. The Morgan fingerprint density at radius 1 is 0.593 bits per heavy atom. The molecule has 0 radical (unpaired) electrons. The van der Waals surface area contributed by atoms with E-state index in [1.165, 1.54) is 0 Å². The number of hydrogen-bond acceptors (Lipinski definition) is 2. The van der Waals surface area contributed by atoms with E-state index in [0.717, 1.165) is 0 Å². The summed E-state index contributed by atoms with van der Waals surface area (Å²) >= 11 is 21.8. The maximum atomic E-state index is 15.1. The van der Waals surface area contributed by atoms with Crippen molar-refractivity contribution >= 4 is 46.4 Å². The molecule has 12 heteroatoms. The maximum absolute atomic E-state index is 15.1. The highest BCUT2D eigenvalue weighted by Crippen LogP contribution is 2.59. The average Bonchev–Trinajstić information content (AvgIpc) is 2.54. The van der Waals surface area contributed by atoms with Crippen LogP contribution in [0, 0.1) is 0 Å². The second-order valence-corrected chi connectivity index (χ2v) is 6.94. The molecule has 0 saturated carbocycles. The third kappa shape index (κ3) is 3.48. The van der Waals surface area contributed by atoms with Gasteiger partial charge in [0, 0.05) is 11.1 Å². The zero-order chi connectivity index (χ0) is 20.9. The van der Waals surface area contributed by atoms with Gasteiger partial charge in [-0.05, 0) is 24.3 Å². The Kier molecular flexibility index (Phi) is 5.71. The Hall–Kier alpha value is -1.22. The van der Waals surface area contributed by atoms with Crippen LogP contribution in [0.15, 0.2) is 24.3 Å². The lowest BCUT2D eigenvalue weighted by Gasteiger charge is -2.36. The number of aromatic hydroxyl groups is 2. The summed E-state index contributed by atoms with van der Waals surface area (Å²) in [6, 6.07) is 0.834. The molecule has 1 unspecified atom stereocenters. The van der Waals surface area contributed by atoms with Crippen LogP contribution in [-0.4, -0.2) is 16.4 Å². The van der Waals surface area contributed by atoms with Gasteiger partial charge in [-0.3, -0.25) is 0 Å². The van der Waals surface area contributed by atoms with Gasteiger partial charge >= 0.3 is 12.1 Å². The number of phenolic OH excluding ortho intramolecular Hbond substituents is 2. The summed E-state index contributed by atoms with van der Waals surface area (Å²) in [7, 11) is 0. The van der Waals surface area contributed by atoms with Gasteiger partial charge in [0.15, 0.2) is 11.5 Å². The average molecular weight is 474 g/mol. The molecule has 0 saturated heterocycles. The Morgan fingerprint density at radius 2 is 0.889 bits per heavy atom. The lowest BCUT2D eigenvalue weighted by atomic mass is 9.84. The molecule has 0 spiro atoms. The molecule has 2 aromatic carbocycles. The molecule has 0 amide bonds. The molecule has 27 heavy (non-hydrogen) atoms.